The van der Waals surface area contributed by atoms with Crippen LogP contribution in [0.1, 0.15) is 48.7 Å². The van der Waals surface area contributed by atoms with E-state index in [-0.39, 0.29) is 5.78 Å². The molecule has 0 aliphatic carbocycles. The van der Waals surface area contributed by atoms with Gasteiger partial charge >= 0.3 is 0 Å². The number of aromatic nitrogens is 2. The van der Waals surface area contributed by atoms with Gasteiger partial charge in [0.05, 0.1) is 27.4 Å². The molecule has 0 bridgehead atoms. The quantitative estimate of drug-likeness (QED) is 0.566. The Hall–Kier alpha value is -2.08. The Morgan fingerprint density at radius 1 is 1.21 bits per heavy atom. The van der Waals surface area contributed by atoms with E-state index in [4.69, 9.17) is 28.2 Å². The average molecular weight is 418 g/mol. The minimum Gasteiger partial charge on any atom is -0.388 e. The summed E-state index contributed by atoms with van der Waals surface area (Å²) in [4.78, 5) is 18.5. The van der Waals surface area contributed by atoms with Gasteiger partial charge in [0.15, 0.2) is 5.78 Å². The van der Waals surface area contributed by atoms with Crippen molar-refractivity contribution in [3.8, 4) is 0 Å². The van der Waals surface area contributed by atoms with Gasteiger partial charge in [0, 0.05) is 24.2 Å². The zero-order valence-electron chi connectivity index (χ0n) is 15.7. The van der Waals surface area contributed by atoms with E-state index in [1.54, 1.807) is 18.2 Å². The Labute approximate surface area is 173 Å². The molecule has 0 fully saturated rings. The van der Waals surface area contributed by atoms with Gasteiger partial charge in [0.2, 0.25) is 5.95 Å². The molecule has 28 heavy (non-hydrogen) atoms. The lowest BCUT2D eigenvalue weighted by Gasteiger charge is -2.30. The van der Waals surface area contributed by atoms with Crippen molar-refractivity contribution in [1.29, 1.82) is 0 Å². The fraction of sp³-hybridized carbons (Fsp3) is 0.333. The molecular weight excluding hydrogens is 397 g/mol. The van der Waals surface area contributed by atoms with Gasteiger partial charge in [-0.2, -0.15) is 0 Å². The van der Waals surface area contributed by atoms with E-state index in [1.807, 2.05) is 24.0 Å². The maximum Gasteiger partial charge on any atom is 0.211 e. The van der Waals surface area contributed by atoms with E-state index >= 15 is 0 Å². The van der Waals surface area contributed by atoms with Gasteiger partial charge in [-0.05, 0) is 44.0 Å². The predicted octanol–water partition coefficient (Wildman–Crippen LogP) is 5.53. The molecule has 1 aliphatic rings. The van der Waals surface area contributed by atoms with Crippen molar-refractivity contribution >= 4 is 51.7 Å². The fourth-order valence-electron chi connectivity index (χ4n) is 3.79. The standard InChI is InChI=1S/C21H21Cl2N3O2/c1-3-18(28)14-6-7-15(22)19-20(14)26-10-4-9-25(21(26)24-19)17-8-5-13(12(2)27)11-16(17)23/h5-8,11,18,28H,3-4,9-10H2,1-2H3. The molecule has 1 N–H and O–H groups in total. The number of Topliss-reactive ketones (excluding diaryl/α,β-unsaturated/α-hetero) is 1. The number of ketones is 1. The third-order valence-corrected chi connectivity index (χ3v) is 5.86. The van der Waals surface area contributed by atoms with E-state index < -0.39 is 6.10 Å². The number of aryl methyl sites for hydroxylation is 1. The summed E-state index contributed by atoms with van der Waals surface area (Å²) in [7, 11) is 0. The summed E-state index contributed by atoms with van der Waals surface area (Å²) in [5, 5.41) is 11.6. The Kier molecular flexibility index (Phi) is 5.08. The highest BCUT2D eigenvalue weighted by Crippen LogP contribution is 2.40. The van der Waals surface area contributed by atoms with Gasteiger partial charge in [-0.15, -0.1) is 0 Å². The molecular formula is C21H21Cl2N3O2. The van der Waals surface area contributed by atoms with Crippen LogP contribution in [0.2, 0.25) is 10.0 Å². The molecule has 3 aromatic rings. The molecule has 146 valence electrons. The van der Waals surface area contributed by atoms with Crippen LogP contribution in [0, 0.1) is 0 Å². The molecule has 4 rings (SSSR count). The summed E-state index contributed by atoms with van der Waals surface area (Å²) in [5.41, 5.74) is 3.77. The molecule has 0 saturated carbocycles. The number of carbonyl (C=O) groups excluding carboxylic acids is 1. The number of nitrogens with zero attached hydrogens (tertiary/aromatic N) is 3. The molecule has 1 aromatic heterocycles. The van der Waals surface area contributed by atoms with Crippen LogP contribution in [0.15, 0.2) is 30.3 Å². The van der Waals surface area contributed by atoms with Crippen molar-refractivity contribution in [1.82, 2.24) is 9.55 Å². The van der Waals surface area contributed by atoms with E-state index in [2.05, 4.69) is 4.57 Å². The second kappa shape index (κ2) is 7.39. The third-order valence-electron chi connectivity index (χ3n) is 5.25. The number of carbonyl (C=O) groups is 1. The Morgan fingerprint density at radius 2 is 2.00 bits per heavy atom. The summed E-state index contributed by atoms with van der Waals surface area (Å²) in [6.07, 6.45) is 0.936. The van der Waals surface area contributed by atoms with E-state index in [0.29, 0.717) is 27.5 Å². The lowest BCUT2D eigenvalue weighted by Crippen LogP contribution is -2.28. The summed E-state index contributed by atoms with van der Waals surface area (Å²) in [6, 6.07) is 9.00. The smallest absolute Gasteiger partial charge is 0.211 e. The lowest BCUT2D eigenvalue weighted by atomic mass is 10.1. The van der Waals surface area contributed by atoms with Crippen LogP contribution >= 0.6 is 23.2 Å². The van der Waals surface area contributed by atoms with Gasteiger partial charge in [-0.3, -0.25) is 4.79 Å². The number of benzene rings is 2. The van der Waals surface area contributed by atoms with Crippen molar-refractivity contribution in [3.63, 3.8) is 0 Å². The van der Waals surface area contributed by atoms with Gasteiger partial charge < -0.3 is 14.6 Å². The summed E-state index contributed by atoms with van der Waals surface area (Å²) in [6.45, 7) is 5.01. The Bertz CT molecular complexity index is 1080. The van der Waals surface area contributed by atoms with Crippen LogP contribution in [0.4, 0.5) is 11.6 Å². The molecule has 2 heterocycles. The Morgan fingerprint density at radius 3 is 2.68 bits per heavy atom. The molecule has 0 spiro atoms. The first-order chi connectivity index (χ1) is 13.4. The topological polar surface area (TPSA) is 58.4 Å². The molecule has 1 atom stereocenters. The number of aliphatic hydroxyl groups excluding tert-OH is 1. The van der Waals surface area contributed by atoms with Gasteiger partial charge in [0.1, 0.15) is 5.52 Å². The second-order valence-corrected chi connectivity index (χ2v) is 7.86. The molecule has 0 saturated heterocycles. The maximum atomic E-state index is 11.6. The summed E-state index contributed by atoms with van der Waals surface area (Å²) >= 11 is 12.9. The summed E-state index contributed by atoms with van der Waals surface area (Å²) in [5.74, 6) is 0.723. The largest absolute Gasteiger partial charge is 0.388 e. The van der Waals surface area contributed by atoms with Crippen molar-refractivity contribution in [2.45, 2.75) is 39.3 Å². The number of imidazole rings is 1. The highest BCUT2D eigenvalue weighted by molar-refractivity contribution is 6.35. The average Bonchev–Trinajstić information content (AvgIpc) is 3.08. The first-order valence-electron chi connectivity index (χ1n) is 9.37. The normalized spacial score (nSPS) is 15.0. The SMILES string of the molecule is CCC(O)c1ccc(Cl)c2nc3n(c12)CCCN3c1ccc(C(C)=O)cc1Cl. The fourth-order valence-corrected chi connectivity index (χ4v) is 4.26. The van der Waals surface area contributed by atoms with E-state index in [0.717, 1.165) is 42.2 Å². The van der Waals surface area contributed by atoms with Crippen molar-refractivity contribution < 1.29 is 9.90 Å². The number of rotatable bonds is 4. The van der Waals surface area contributed by atoms with Crippen molar-refractivity contribution in [2.24, 2.45) is 0 Å². The number of halogens is 2. The van der Waals surface area contributed by atoms with Gasteiger partial charge in [0.25, 0.3) is 0 Å². The minimum absolute atomic E-state index is 0.0238. The first kappa shape index (κ1) is 19.2. The summed E-state index contributed by atoms with van der Waals surface area (Å²) < 4.78 is 2.11. The zero-order valence-corrected chi connectivity index (χ0v) is 17.3. The number of aliphatic hydroxyl groups is 1. The van der Waals surface area contributed by atoms with Crippen LogP contribution in [0.3, 0.4) is 0 Å². The number of hydrogen-bond donors (Lipinski definition) is 1. The van der Waals surface area contributed by atoms with Gasteiger partial charge in [-0.1, -0.05) is 36.2 Å². The Balaban J connectivity index is 1.90. The molecule has 0 radical (unpaired) electrons. The highest BCUT2D eigenvalue weighted by atomic mass is 35.5. The third kappa shape index (κ3) is 3.08. The molecule has 2 aromatic carbocycles. The van der Waals surface area contributed by atoms with Crippen LogP contribution in [0.25, 0.3) is 11.0 Å². The highest BCUT2D eigenvalue weighted by Gasteiger charge is 2.27. The predicted molar refractivity (Wildman–Crippen MR) is 113 cm³/mol. The molecule has 1 aliphatic heterocycles. The second-order valence-electron chi connectivity index (χ2n) is 7.05. The number of fused-ring (bicyclic) bond motifs is 3. The van der Waals surface area contributed by atoms with Crippen molar-refractivity contribution in [2.75, 3.05) is 11.4 Å². The minimum atomic E-state index is -0.575. The first-order valence-corrected chi connectivity index (χ1v) is 10.1. The molecule has 7 heteroatoms. The molecule has 0 amide bonds. The van der Waals surface area contributed by atoms with E-state index in [9.17, 15) is 9.90 Å². The van der Waals surface area contributed by atoms with Crippen LogP contribution in [-0.2, 0) is 6.54 Å². The number of anilines is 2. The maximum absolute atomic E-state index is 11.6. The molecule has 5 nitrogen and oxygen atoms in total. The molecule has 1 unspecified atom stereocenters. The van der Waals surface area contributed by atoms with Crippen molar-refractivity contribution in [3.05, 3.63) is 51.5 Å². The van der Waals surface area contributed by atoms with E-state index in [1.165, 1.54) is 6.92 Å². The monoisotopic (exact) mass is 417 g/mol. The van der Waals surface area contributed by atoms with Crippen LogP contribution in [0.5, 0.6) is 0 Å². The lowest BCUT2D eigenvalue weighted by molar-refractivity contribution is 0.101. The van der Waals surface area contributed by atoms with Crippen LogP contribution < -0.4 is 4.90 Å². The zero-order chi connectivity index (χ0) is 20.0. The van der Waals surface area contributed by atoms with Gasteiger partial charge in [-0.25, -0.2) is 4.98 Å². The number of hydrogen-bond acceptors (Lipinski definition) is 4. The van der Waals surface area contributed by atoms with Crippen LogP contribution in [-0.4, -0.2) is 27.0 Å².